The van der Waals surface area contributed by atoms with Gasteiger partial charge in [0.1, 0.15) is 19.0 Å². The van der Waals surface area contributed by atoms with Gasteiger partial charge in [-0.05, 0) is 54.8 Å². The van der Waals surface area contributed by atoms with Crippen molar-refractivity contribution in [1.82, 2.24) is 14.1 Å². The van der Waals surface area contributed by atoms with Crippen molar-refractivity contribution in [1.29, 1.82) is 0 Å². The average Bonchev–Trinajstić information content (AvgIpc) is 3.35. The lowest BCUT2D eigenvalue weighted by molar-refractivity contribution is -0.133. The number of amides is 1. The molecule has 0 saturated carbocycles. The van der Waals surface area contributed by atoms with E-state index < -0.39 is 15.8 Å². The minimum absolute atomic E-state index is 0.00321. The normalized spacial score (nSPS) is 21.6. The van der Waals surface area contributed by atoms with Gasteiger partial charge in [-0.2, -0.15) is 4.31 Å². The Labute approximate surface area is 198 Å². The Bertz CT molecular complexity index is 1150. The van der Waals surface area contributed by atoms with Crippen molar-refractivity contribution in [3.05, 3.63) is 53.8 Å². The van der Waals surface area contributed by atoms with Gasteiger partial charge in [0.05, 0.1) is 17.5 Å². The Morgan fingerprint density at radius 1 is 0.941 bits per heavy atom. The zero-order chi connectivity index (χ0) is 23.7. The molecule has 2 fully saturated rings. The Morgan fingerprint density at radius 2 is 1.65 bits per heavy atom. The van der Waals surface area contributed by atoms with Crippen LogP contribution in [0.5, 0.6) is 11.5 Å². The maximum atomic E-state index is 13.2. The summed E-state index contributed by atoms with van der Waals surface area (Å²) in [6, 6.07) is 10.8. The first-order valence-electron chi connectivity index (χ1n) is 11.6. The van der Waals surface area contributed by atoms with Crippen molar-refractivity contribution >= 4 is 15.9 Å². The summed E-state index contributed by atoms with van der Waals surface area (Å²) < 4.78 is 51.5. The standard InChI is InChI=1S/C24H28FN3O5S/c25-19-4-6-20(7-5-19)34(30,31)27-12-10-26(11-13-27)17-24(29)28-9-1-2-21(28)18-3-8-22-23(16-18)33-15-14-32-22/h3-8,16,21H,1-2,9-15,17H2/t21-/m0/s1. The molecule has 3 heterocycles. The van der Waals surface area contributed by atoms with Crippen LogP contribution in [0.25, 0.3) is 0 Å². The molecular formula is C24H28FN3O5S. The van der Waals surface area contributed by atoms with Gasteiger partial charge in [0.25, 0.3) is 0 Å². The Balaban J connectivity index is 1.19. The highest BCUT2D eigenvalue weighted by Gasteiger charge is 2.33. The van der Waals surface area contributed by atoms with Crippen molar-refractivity contribution in [2.75, 3.05) is 52.5 Å². The fraction of sp³-hybridized carbons (Fsp3) is 0.458. The number of piperazine rings is 1. The highest BCUT2D eigenvalue weighted by Crippen LogP contribution is 2.38. The zero-order valence-corrected chi connectivity index (χ0v) is 19.7. The number of ether oxygens (including phenoxy) is 2. The van der Waals surface area contributed by atoms with Gasteiger partial charge in [-0.25, -0.2) is 12.8 Å². The number of fused-ring (bicyclic) bond motifs is 1. The van der Waals surface area contributed by atoms with Crippen LogP contribution < -0.4 is 9.47 Å². The molecule has 3 aliphatic heterocycles. The Hall–Kier alpha value is -2.69. The highest BCUT2D eigenvalue weighted by molar-refractivity contribution is 7.89. The minimum atomic E-state index is -3.68. The molecule has 0 unspecified atom stereocenters. The molecule has 0 radical (unpaired) electrons. The van der Waals surface area contributed by atoms with Crippen molar-refractivity contribution in [3.8, 4) is 11.5 Å². The van der Waals surface area contributed by atoms with Crippen molar-refractivity contribution in [2.45, 2.75) is 23.8 Å². The fourth-order valence-electron chi connectivity index (χ4n) is 4.84. The SMILES string of the molecule is O=C(CN1CCN(S(=O)(=O)c2ccc(F)cc2)CC1)N1CCC[C@H]1c1ccc2c(c1)OCCO2. The van der Waals surface area contributed by atoms with Crippen LogP contribution >= 0.6 is 0 Å². The van der Waals surface area contributed by atoms with E-state index in [4.69, 9.17) is 9.47 Å². The number of sulfonamides is 1. The van der Waals surface area contributed by atoms with E-state index in [-0.39, 0.29) is 23.4 Å². The van der Waals surface area contributed by atoms with E-state index in [0.717, 1.165) is 42.0 Å². The fourth-order valence-corrected chi connectivity index (χ4v) is 6.27. The highest BCUT2D eigenvalue weighted by atomic mass is 32.2. The first kappa shape index (κ1) is 23.1. The molecule has 0 aliphatic carbocycles. The second kappa shape index (κ2) is 9.52. The third-order valence-corrected chi connectivity index (χ3v) is 8.58. The van der Waals surface area contributed by atoms with E-state index in [1.807, 2.05) is 28.0 Å². The Morgan fingerprint density at radius 3 is 2.38 bits per heavy atom. The number of rotatable bonds is 5. The van der Waals surface area contributed by atoms with Crippen molar-refractivity contribution in [3.63, 3.8) is 0 Å². The van der Waals surface area contributed by atoms with Gasteiger partial charge >= 0.3 is 0 Å². The number of benzene rings is 2. The van der Waals surface area contributed by atoms with E-state index in [2.05, 4.69) is 0 Å². The van der Waals surface area contributed by atoms with Crippen LogP contribution in [0.2, 0.25) is 0 Å². The summed E-state index contributed by atoms with van der Waals surface area (Å²) in [7, 11) is -3.68. The molecule has 1 amide bonds. The number of halogens is 1. The van der Waals surface area contributed by atoms with Gasteiger partial charge in [-0.15, -0.1) is 0 Å². The maximum Gasteiger partial charge on any atom is 0.243 e. The smallest absolute Gasteiger partial charge is 0.243 e. The topological polar surface area (TPSA) is 79.4 Å². The van der Waals surface area contributed by atoms with Gasteiger partial charge in [0.15, 0.2) is 11.5 Å². The third-order valence-electron chi connectivity index (χ3n) is 6.67. The molecule has 0 aromatic heterocycles. The lowest BCUT2D eigenvalue weighted by atomic mass is 10.0. The first-order chi connectivity index (χ1) is 16.4. The quantitative estimate of drug-likeness (QED) is 0.641. The monoisotopic (exact) mass is 489 g/mol. The molecule has 2 aromatic rings. The predicted molar refractivity (Wildman–Crippen MR) is 123 cm³/mol. The largest absolute Gasteiger partial charge is 0.486 e. The Kier molecular flexibility index (Phi) is 6.46. The molecule has 3 aliphatic rings. The maximum absolute atomic E-state index is 13.2. The van der Waals surface area contributed by atoms with E-state index >= 15 is 0 Å². The molecular weight excluding hydrogens is 461 g/mol. The second-order valence-electron chi connectivity index (χ2n) is 8.78. The summed E-state index contributed by atoms with van der Waals surface area (Å²) in [5.74, 6) is 1.03. The average molecular weight is 490 g/mol. The van der Waals surface area contributed by atoms with Crippen LogP contribution in [0.1, 0.15) is 24.4 Å². The molecule has 182 valence electrons. The van der Waals surface area contributed by atoms with Gasteiger partial charge in [0, 0.05) is 32.7 Å². The summed E-state index contributed by atoms with van der Waals surface area (Å²) in [5.41, 5.74) is 1.05. The van der Waals surface area contributed by atoms with Gasteiger partial charge < -0.3 is 14.4 Å². The number of carbonyl (C=O) groups excluding carboxylic acids is 1. The van der Waals surface area contributed by atoms with Crippen LogP contribution in [0.15, 0.2) is 47.4 Å². The van der Waals surface area contributed by atoms with Crippen LogP contribution in [0, 0.1) is 5.82 Å². The molecule has 8 nitrogen and oxygen atoms in total. The zero-order valence-electron chi connectivity index (χ0n) is 18.9. The third kappa shape index (κ3) is 4.62. The number of likely N-dealkylation sites (tertiary alicyclic amines) is 1. The van der Waals surface area contributed by atoms with E-state index in [9.17, 15) is 17.6 Å². The van der Waals surface area contributed by atoms with Crippen LogP contribution in [0.4, 0.5) is 4.39 Å². The first-order valence-corrected chi connectivity index (χ1v) is 13.0. The van der Waals surface area contributed by atoms with Crippen molar-refractivity contribution in [2.24, 2.45) is 0 Å². The molecule has 0 N–H and O–H groups in total. The number of hydrogen-bond donors (Lipinski definition) is 0. The lowest BCUT2D eigenvalue weighted by Crippen LogP contribution is -2.51. The van der Waals surface area contributed by atoms with E-state index in [0.29, 0.717) is 45.9 Å². The molecule has 2 aromatic carbocycles. The van der Waals surface area contributed by atoms with Gasteiger partial charge in [-0.3, -0.25) is 9.69 Å². The van der Waals surface area contributed by atoms with Gasteiger partial charge in [-0.1, -0.05) is 6.07 Å². The summed E-state index contributed by atoms with van der Waals surface area (Å²) in [5, 5.41) is 0. The molecule has 5 rings (SSSR count). The molecule has 0 bridgehead atoms. The summed E-state index contributed by atoms with van der Waals surface area (Å²) >= 11 is 0. The number of carbonyl (C=O) groups is 1. The minimum Gasteiger partial charge on any atom is -0.486 e. The van der Waals surface area contributed by atoms with Gasteiger partial charge in [0.2, 0.25) is 15.9 Å². The second-order valence-corrected chi connectivity index (χ2v) is 10.7. The van der Waals surface area contributed by atoms with Crippen molar-refractivity contribution < 1.29 is 27.1 Å². The molecule has 1 atom stereocenters. The summed E-state index contributed by atoms with van der Waals surface area (Å²) in [4.78, 5) is 17.2. The summed E-state index contributed by atoms with van der Waals surface area (Å²) in [6.07, 6.45) is 1.84. The van der Waals surface area contributed by atoms with Crippen LogP contribution in [0.3, 0.4) is 0 Å². The summed E-state index contributed by atoms with van der Waals surface area (Å²) in [6.45, 7) is 3.54. The number of hydrogen-bond acceptors (Lipinski definition) is 6. The van der Waals surface area contributed by atoms with E-state index in [1.54, 1.807) is 0 Å². The lowest BCUT2D eigenvalue weighted by Gasteiger charge is -2.35. The number of nitrogens with zero attached hydrogens (tertiary/aromatic N) is 3. The van der Waals surface area contributed by atoms with Crippen LogP contribution in [-0.4, -0.2) is 80.9 Å². The van der Waals surface area contributed by atoms with E-state index in [1.165, 1.54) is 16.4 Å². The molecule has 34 heavy (non-hydrogen) atoms. The van der Waals surface area contributed by atoms with Crippen LogP contribution in [-0.2, 0) is 14.8 Å². The molecule has 2 saturated heterocycles. The molecule has 10 heteroatoms. The molecule has 0 spiro atoms. The predicted octanol–water partition coefficient (Wildman–Crippen LogP) is 2.27.